The van der Waals surface area contributed by atoms with Crippen molar-refractivity contribution in [3.8, 4) is 0 Å². The Morgan fingerprint density at radius 3 is 2.33 bits per heavy atom. The average molecular weight is 178 g/mol. The highest BCUT2D eigenvalue weighted by atomic mass is 19.3. The summed E-state index contributed by atoms with van der Waals surface area (Å²) in [4.78, 5) is 0. The zero-order chi connectivity index (χ0) is 8.97. The van der Waals surface area contributed by atoms with Crippen molar-refractivity contribution in [3.63, 3.8) is 0 Å². The third-order valence-electron chi connectivity index (χ3n) is 2.33. The van der Waals surface area contributed by atoms with Gasteiger partial charge in [-0.2, -0.15) is 0 Å². The zero-order valence-corrected chi connectivity index (χ0v) is 7.10. The molecule has 0 radical (unpaired) electrons. The summed E-state index contributed by atoms with van der Waals surface area (Å²) in [6.07, 6.45) is 1.56. The van der Waals surface area contributed by atoms with Gasteiger partial charge < -0.3 is 11.1 Å². The molecule has 0 amide bonds. The van der Waals surface area contributed by atoms with Crippen molar-refractivity contribution in [2.24, 2.45) is 5.73 Å². The number of hydrogen-bond acceptors (Lipinski definition) is 2. The number of alkyl halides is 2. The van der Waals surface area contributed by atoms with Crippen molar-refractivity contribution in [1.29, 1.82) is 0 Å². The Balaban J connectivity index is 2.09. The molecule has 1 aliphatic carbocycles. The van der Waals surface area contributed by atoms with Gasteiger partial charge in [0.1, 0.15) is 0 Å². The molecule has 0 aliphatic heterocycles. The predicted molar refractivity (Wildman–Crippen MR) is 44.2 cm³/mol. The first-order valence-electron chi connectivity index (χ1n) is 4.45. The maximum Gasteiger partial charge on any atom is 0.250 e. The SMILES string of the molecule is N[C@H]1CC[C@H](NCC(F)F)CC1. The quantitative estimate of drug-likeness (QED) is 0.679. The van der Waals surface area contributed by atoms with E-state index in [-0.39, 0.29) is 18.6 Å². The van der Waals surface area contributed by atoms with Gasteiger partial charge in [-0.25, -0.2) is 8.78 Å². The van der Waals surface area contributed by atoms with Crippen LogP contribution in [-0.4, -0.2) is 25.1 Å². The van der Waals surface area contributed by atoms with E-state index in [0.29, 0.717) is 0 Å². The lowest BCUT2D eigenvalue weighted by Gasteiger charge is -2.26. The van der Waals surface area contributed by atoms with Crippen molar-refractivity contribution in [2.75, 3.05) is 6.54 Å². The van der Waals surface area contributed by atoms with Gasteiger partial charge in [0, 0.05) is 12.1 Å². The van der Waals surface area contributed by atoms with Crippen molar-refractivity contribution in [3.05, 3.63) is 0 Å². The molecule has 0 unspecified atom stereocenters. The first-order valence-corrected chi connectivity index (χ1v) is 4.45. The van der Waals surface area contributed by atoms with Crippen molar-refractivity contribution in [1.82, 2.24) is 5.32 Å². The molecular weight excluding hydrogens is 162 g/mol. The molecule has 0 saturated heterocycles. The summed E-state index contributed by atoms with van der Waals surface area (Å²) >= 11 is 0. The third-order valence-corrected chi connectivity index (χ3v) is 2.33. The maximum absolute atomic E-state index is 11.8. The van der Waals surface area contributed by atoms with Crippen LogP contribution in [0.4, 0.5) is 8.78 Å². The normalized spacial score (nSPS) is 31.0. The molecule has 1 saturated carbocycles. The zero-order valence-electron chi connectivity index (χ0n) is 7.10. The Labute approximate surface area is 71.5 Å². The highest BCUT2D eigenvalue weighted by molar-refractivity contribution is 4.78. The van der Waals surface area contributed by atoms with E-state index < -0.39 is 6.43 Å². The van der Waals surface area contributed by atoms with Crippen LogP contribution in [-0.2, 0) is 0 Å². The van der Waals surface area contributed by atoms with E-state index in [9.17, 15) is 8.78 Å². The van der Waals surface area contributed by atoms with Crippen LogP contribution in [0.5, 0.6) is 0 Å². The largest absolute Gasteiger partial charge is 0.328 e. The van der Waals surface area contributed by atoms with Gasteiger partial charge in [-0.3, -0.25) is 0 Å². The highest BCUT2D eigenvalue weighted by Crippen LogP contribution is 2.16. The summed E-state index contributed by atoms with van der Waals surface area (Å²) in [6, 6.07) is 0.549. The van der Waals surface area contributed by atoms with Crippen molar-refractivity contribution in [2.45, 2.75) is 44.2 Å². The van der Waals surface area contributed by atoms with Crippen molar-refractivity contribution < 1.29 is 8.78 Å². The van der Waals surface area contributed by atoms with Crippen LogP contribution in [0, 0.1) is 0 Å². The fourth-order valence-corrected chi connectivity index (χ4v) is 1.58. The van der Waals surface area contributed by atoms with Crippen LogP contribution in [0.15, 0.2) is 0 Å². The van der Waals surface area contributed by atoms with E-state index >= 15 is 0 Å². The number of hydrogen-bond donors (Lipinski definition) is 2. The molecule has 1 fully saturated rings. The van der Waals surface area contributed by atoms with Crippen molar-refractivity contribution >= 4 is 0 Å². The summed E-state index contributed by atoms with van der Waals surface area (Å²) in [6.45, 7) is -0.181. The summed E-state index contributed by atoms with van der Waals surface area (Å²) in [5, 5.41) is 2.84. The van der Waals surface area contributed by atoms with E-state index in [4.69, 9.17) is 5.73 Å². The summed E-state index contributed by atoms with van der Waals surface area (Å²) in [5.41, 5.74) is 5.68. The highest BCUT2D eigenvalue weighted by Gasteiger charge is 2.18. The minimum Gasteiger partial charge on any atom is -0.328 e. The molecule has 0 aromatic carbocycles. The molecule has 0 bridgehead atoms. The first-order chi connectivity index (χ1) is 5.68. The molecule has 0 atom stereocenters. The number of nitrogens with one attached hydrogen (secondary N) is 1. The second kappa shape index (κ2) is 4.72. The minimum absolute atomic E-state index is 0.181. The predicted octanol–water partition coefficient (Wildman–Crippen LogP) is 1.11. The van der Waals surface area contributed by atoms with Crippen LogP contribution in [0.3, 0.4) is 0 Å². The Morgan fingerprint density at radius 2 is 1.83 bits per heavy atom. The Bertz CT molecular complexity index is 122. The van der Waals surface area contributed by atoms with E-state index in [2.05, 4.69) is 5.32 Å². The van der Waals surface area contributed by atoms with Gasteiger partial charge in [-0.15, -0.1) is 0 Å². The lowest BCUT2D eigenvalue weighted by Crippen LogP contribution is -2.39. The van der Waals surface area contributed by atoms with Gasteiger partial charge in [0.25, 0.3) is 6.43 Å². The smallest absolute Gasteiger partial charge is 0.250 e. The fraction of sp³-hybridized carbons (Fsp3) is 1.00. The van der Waals surface area contributed by atoms with E-state index in [0.717, 1.165) is 25.7 Å². The second-order valence-electron chi connectivity index (χ2n) is 3.41. The minimum atomic E-state index is -2.24. The Hall–Kier alpha value is -0.220. The Morgan fingerprint density at radius 1 is 1.25 bits per heavy atom. The average Bonchev–Trinajstić information content (AvgIpc) is 2.03. The van der Waals surface area contributed by atoms with E-state index in [1.807, 2.05) is 0 Å². The molecule has 1 aliphatic rings. The molecule has 72 valence electrons. The standard InChI is InChI=1S/C8H16F2N2/c9-8(10)5-12-7-3-1-6(11)2-4-7/h6-8,12H,1-5,11H2/t6-,7-. The first kappa shape index (κ1) is 9.86. The summed E-state index contributed by atoms with van der Waals surface area (Å²) in [7, 11) is 0. The molecule has 12 heavy (non-hydrogen) atoms. The van der Waals surface area contributed by atoms with Gasteiger partial charge >= 0.3 is 0 Å². The van der Waals surface area contributed by atoms with E-state index in [1.54, 1.807) is 0 Å². The number of nitrogens with two attached hydrogens (primary N) is 1. The molecule has 0 aromatic heterocycles. The fourth-order valence-electron chi connectivity index (χ4n) is 1.58. The molecule has 0 heterocycles. The molecule has 1 rings (SSSR count). The molecule has 3 N–H and O–H groups in total. The van der Waals surface area contributed by atoms with Gasteiger partial charge in [-0.1, -0.05) is 0 Å². The molecule has 0 aromatic rings. The lowest BCUT2D eigenvalue weighted by atomic mass is 9.92. The van der Waals surface area contributed by atoms with E-state index in [1.165, 1.54) is 0 Å². The molecule has 0 spiro atoms. The van der Waals surface area contributed by atoms with Gasteiger partial charge in [0.2, 0.25) is 0 Å². The summed E-state index contributed by atoms with van der Waals surface area (Å²) in [5.74, 6) is 0. The van der Waals surface area contributed by atoms with Crippen LogP contribution < -0.4 is 11.1 Å². The number of rotatable bonds is 3. The molecule has 2 nitrogen and oxygen atoms in total. The third kappa shape index (κ3) is 3.45. The van der Waals surface area contributed by atoms with Gasteiger partial charge in [0.05, 0.1) is 6.54 Å². The van der Waals surface area contributed by atoms with Gasteiger partial charge in [0.15, 0.2) is 0 Å². The number of halogens is 2. The molecular formula is C8H16F2N2. The van der Waals surface area contributed by atoms with Crippen LogP contribution in [0.25, 0.3) is 0 Å². The van der Waals surface area contributed by atoms with Crippen LogP contribution in [0.1, 0.15) is 25.7 Å². The lowest BCUT2D eigenvalue weighted by molar-refractivity contribution is 0.137. The van der Waals surface area contributed by atoms with Crippen LogP contribution in [0.2, 0.25) is 0 Å². The topological polar surface area (TPSA) is 38.0 Å². The Kier molecular flexibility index (Phi) is 3.88. The second-order valence-corrected chi connectivity index (χ2v) is 3.41. The molecule has 4 heteroatoms. The van der Waals surface area contributed by atoms with Crippen LogP contribution >= 0.6 is 0 Å². The monoisotopic (exact) mass is 178 g/mol. The summed E-state index contributed by atoms with van der Waals surface area (Å²) < 4.78 is 23.6. The van der Waals surface area contributed by atoms with Gasteiger partial charge in [-0.05, 0) is 25.7 Å². The maximum atomic E-state index is 11.8.